The van der Waals surface area contributed by atoms with Crippen molar-refractivity contribution in [3.8, 4) is 0 Å². The molecule has 0 bridgehead atoms. The molecular formula is C19H24N4O. The highest BCUT2D eigenvalue weighted by molar-refractivity contribution is 5.92. The average molecular weight is 324 g/mol. The summed E-state index contributed by atoms with van der Waals surface area (Å²) in [5, 5.41) is 11.3. The van der Waals surface area contributed by atoms with Crippen molar-refractivity contribution in [2.45, 2.75) is 39.7 Å². The summed E-state index contributed by atoms with van der Waals surface area (Å²) in [5.74, 6) is 1.19. The Labute approximate surface area is 143 Å². The first-order valence-electron chi connectivity index (χ1n) is 8.55. The summed E-state index contributed by atoms with van der Waals surface area (Å²) in [5.41, 5.74) is 2.86. The number of amides is 1. The van der Waals surface area contributed by atoms with Gasteiger partial charge in [-0.25, -0.2) is 0 Å². The second-order valence-corrected chi connectivity index (χ2v) is 6.77. The quantitative estimate of drug-likeness (QED) is 0.916. The third-order valence-electron chi connectivity index (χ3n) is 4.34. The number of carbonyl (C=O) groups excluding carboxylic acids is 1. The van der Waals surface area contributed by atoms with E-state index in [2.05, 4.69) is 59.4 Å². The molecule has 1 aliphatic heterocycles. The predicted molar refractivity (Wildman–Crippen MR) is 95.6 cm³/mol. The van der Waals surface area contributed by atoms with Gasteiger partial charge in [0.2, 0.25) is 0 Å². The number of hydrogen-bond acceptors (Lipinski definition) is 4. The van der Waals surface area contributed by atoms with Crippen LogP contribution in [0.4, 0.5) is 11.5 Å². The van der Waals surface area contributed by atoms with E-state index in [0.29, 0.717) is 24.2 Å². The maximum absolute atomic E-state index is 12.1. The van der Waals surface area contributed by atoms with Gasteiger partial charge in [0.15, 0.2) is 11.5 Å². The van der Waals surface area contributed by atoms with Crippen LogP contribution in [0.1, 0.15) is 43.2 Å². The largest absolute Gasteiger partial charge is 0.351 e. The molecule has 1 aliphatic rings. The lowest BCUT2D eigenvalue weighted by atomic mass is 10.1. The summed E-state index contributed by atoms with van der Waals surface area (Å²) >= 11 is 0. The highest BCUT2D eigenvalue weighted by Gasteiger charge is 2.27. The second kappa shape index (κ2) is 6.99. The van der Waals surface area contributed by atoms with Crippen LogP contribution in [0, 0.1) is 5.92 Å². The molecule has 1 aromatic carbocycles. The zero-order chi connectivity index (χ0) is 17.1. The number of para-hydroxylation sites is 1. The number of nitrogens with zero attached hydrogens (tertiary/aromatic N) is 3. The van der Waals surface area contributed by atoms with E-state index < -0.39 is 0 Å². The molecule has 1 unspecified atom stereocenters. The molecule has 5 nitrogen and oxygen atoms in total. The minimum atomic E-state index is -0.162. The smallest absolute Gasteiger partial charge is 0.271 e. The number of hydrogen-bond donors (Lipinski definition) is 1. The summed E-state index contributed by atoms with van der Waals surface area (Å²) in [6.45, 7) is 7.11. The van der Waals surface area contributed by atoms with E-state index >= 15 is 0 Å². The molecule has 2 aromatic rings. The first kappa shape index (κ1) is 16.4. The number of aromatic nitrogens is 2. The maximum Gasteiger partial charge on any atom is 0.271 e. The minimum absolute atomic E-state index is 0.162. The third-order valence-corrected chi connectivity index (χ3v) is 4.34. The van der Waals surface area contributed by atoms with Crippen LogP contribution >= 0.6 is 0 Å². The van der Waals surface area contributed by atoms with Crippen molar-refractivity contribution in [2.24, 2.45) is 5.92 Å². The fraction of sp³-hybridized carbons (Fsp3) is 0.421. The van der Waals surface area contributed by atoms with E-state index in [1.165, 1.54) is 11.3 Å². The fourth-order valence-corrected chi connectivity index (χ4v) is 3.05. The monoisotopic (exact) mass is 324 g/mol. The topological polar surface area (TPSA) is 58.1 Å². The van der Waals surface area contributed by atoms with Gasteiger partial charge in [-0.05, 0) is 49.4 Å². The Balaban J connectivity index is 1.72. The number of benzene rings is 1. The van der Waals surface area contributed by atoms with Crippen LogP contribution in [0.2, 0.25) is 0 Å². The van der Waals surface area contributed by atoms with Gasteiger partial charge in [-0.1, -0.05) is 32.0 Å². The molecule has 0 spiro atoms. The Bertz CT molecular complexity index is 712. The summed E-state index contributed by atoms with van der Waals surface area (Å²) in [6.07, 6.45) is 1.95. The zero-order valence-corrected chi connectivity index (χ0v) is 14.5. The van der Waals surface area contributed by atoms with Crippen LogP contribution in [0.15, 0.2) is 36.4 Å². The number of nitrogens with one attached hydrogen (secondary N) is 1. The van der Waals surface area contributed by atoms with Crippen molar-refractivity contribution in [3.63, 3.8) is 0 Å². The molecule has 1 amide bonds. The van der Waals surface area contributed by atoms with Crippen LogP contribution in [0.25, 0.3) is 0 Å². The summed E-state index contributed by atoms with van der Waals surface area (Å²) in [7, 11) is 0. The van der Waals surface area contributed by atoms with Crippen LogP contribution in [0.3, 0.4) is 0 Å². The standard InChI is InChI=1S/C19H24N4O/c1-13(2)10-11-20-19(24)16-8-9-18(22-21-16)23-14(3)12-15-6-4-5-7-17(15)23/h4-9,13-14H,10-12H2,1-3H3,(H,20,24). The van der Waals surface area contributed by atoms with E-state index in [-0.39, 0.29) is 5.91 Å². The van der Waals surface area contributed by atoms with Gasteiger partial charge in [-0.3, -0.25) is 4.79 Å². The highest BCUT2D eigenvalue weighted by atomic mass is 16.1. The molecule has 2 heterocycles. The van der Waals surface area contributed by atoms with Gasteiger partial charge in [-0.2, -0.15) is 0 Å². The molecule has 0 aliphatic carbocycles. The van der Waals surface area contributed by atoms with Crippen LogP contribution in [0.5, 0.6) is 0 Å². The van der Waals surface area contributed by atoms with E-state index in [1.807, 2.05) is 12.1 Å². The van der Waals surface area contributed by atoms with Crippen molar-refractivity contribution in [1.82, 2.24) is 15.5 Å². The molecule has 0 saturated heterocycles. The molecular weight excluding hydrogens is 300 g/mol. The lowest BCUT2D eigenvalue weighted by Crippen LogP contribution is -2.28. The van der Waals surface area contributed by atoms with Crippen LogP contribution in [-0.2, 0) is 6.42 Å². The highest BCUT2D eigenvalue weighted by Crippen LogP contribution is 2.36. The van der Waals surface area contributed by atoms with Gasteiger partial charge in [0.05, 0.1) is 0 Å². The lowest BCUT2D eigenvalue weighted by Gasteiger charge is -2.23. The van der Waals surface area contributed by atoms with Crippen LogP contribution in [-0.4, -0.2) is 28.7 Å². The third kappa shape index (κ3) is 3.40. The number of anilines is 2. The number of fused-ring (bicyclic) bond motifs is 1. The van der Waals surface area contributed by atoms with Crippen molar-refractivity contribution in [2.75, 3.05) is 11.4 Å². The molecule has 0 saturated carbocycles. The molecule has 1 aromatic heterocycles. The van der Waals surface area contributed by atoms with E-state index in [0.717, 1.165) is 18.7 Å². The first-order valence-corrected chi connectivity index (χ1v) is 8.55. The van der Waals surface area contributed by atoms with Crippen molar-refractivity contribution >= 4 is 17.4 Å². The second-order valence-electron chi connectivity index (χ2n) is 6.77. The van der Waals surface area contributed by atoms with E-state index in [4.69, 9.17) is 0 Å². The summed E-state index contributed by atoms with van der Waals surface area (Å²) < 4.78 is 0. The maximum atomic E-state index is 12.1. The molecule has 24 heavy (non-hydrogen) atoms. The van der Waals surface area contributed by atoms with E-state index in [1.54, 1.807) is 6.07 Å². The Morgan fingerprint density at radius 1 is 1.25 bits per heavy atom. The molecule has 0 fully saturated rings. The molecule has 126 valence electrons. The van der Waals surface area contributed by atoms with Gasteiger partial charge < -0.3 is 10.2 Å². The Kier molecular flexibility index (Phi) is 4.79. The van der Waals surface area contributed by atoms with Crippen LogP contribution < -0.4 is 10.2 Å². The van der Waals surface area contributed by atoms with Gasteiger partial charge >= 0.3 is 0 Å². The number of rotatable bonds is 5. The SMILES string of the molecule is CC(C)CCNC(=O)c1ccc(N2c3ccccc3CC2C)nn1. The lowest BCUT2D eigenvalue weighted by molar-refractivity contribution is 0.0946. The van der Waals surface area contributed by atoms with Gasteiger partial charge in [-0.15, -0.1) is 10.2 Å². The zero-order valence-electron chi connectivity index (χ0n) is 14.5. The molecule has 1 atom stereocenters. The summed E-state index contributed by atoms with van der Waals surface area (Å²) in [4.78, 5) is 14.3. The van der Waals surface area contributed by atoms with Gasteiger partial charge in [0.25, 0.3) is 5.91 Å². The normalized spacial score (nSPS) is 16.3. The predicted octanol–water partition coefficient (Wildman–Crippen LogP) is 3.34. The van der Waals surface area contributed by atoms with Crippen molar-refractivity contribution in [3.05, 3.63) is 47.7 Å². The van der Waals surface area contributed by atoms with Gasteiger partial charge in [0, 0.05) is 18.3 Å². The van der Waals surface area contributed by atoms with Gasteiger partial charge in [0.1, 0.15) is 0 Å². The average Bonchev–Trinajstić information content (AvgIpc) is 2.90. The van der Waals surface area contributed by atoms with E-state index in [9.17, 15) is 4.79 Å². The first-order chi connectivity index (χ1) is 11.6. The fourth-order valence-electron chi connectivity index (χ4n) is 3.05. The summed E-state index contributed by atoms with van der Waals surface area (Å²) in [6, 6.07) is 12.3. The molecule has 5 heteroatoms. The number of carbonyl (C=O) groups is 1. The Hall–Kier alpha value is -2.43. The Morgan fingerprint density at radius 3 is 2.75 bits per heavy atom. The minimum Gasteiger partial charge on any atom is -0.351 e. The Morgan fingerprint density at radius 2 is 2.04 bits per heavy atom. The van der Waals surface area contributed by atoms with Crippen molar-refractivity contribution in [1.29, 1.82) is 0 Å². The molecule has 1 N–H and O–H groups in total. The molecule has 0 radical (unpaired) electrons. The van der Waals surface area contributed by atoms with Crippen molar-refractivity contribution < 1.29 is 4.79 Å². The molecule has 3 rings (SSSR count).